The molecule has 64 valence electrons. The van der Waals surface area contributed by atoms with Crippen LogP contribution < -0.4 is 0 Å². The Balaban J connectivity index is 2.52. The highest BCUT2D eigenvalue weighted by Gasteiger charge is 2.26. The standard InChI is InChI=1S/C9H12N2O/c1-7-4-8(2-3-12-7)9(5-10)6-11/h7-9H,2-4H2,1H3. The highest BCUT2D eigenvalue weighted by molar-refractivity contribution is 5.03. The first-order valence-electron chi connectivity index (χ1n) is 4.18. The van der Waals surface area contributed by atoms with Gasteiger partial charge in [-0.1, -0.05) is 0 Å². The topological polar surface area (TPSA) is 56.8 Å². The summed E-state index contributed by atoms with van der Waals surface area (Å²) in [5.41, 5.74) is 0. The molecule has 1 rings (SSSR count). The minimum atomic E-state index is -0.448. The molecule has 0 aromatic heterocycles. The van der Waals surface area contributed by atoms with E-state index in [2.05, 4.69) is 0 Å². The smallest absolute Gasteiger partial charge is 0.136 e. The third-order valence-electron chi connectivity index (χ3n) is 2.28. The van der Waals surface area contributed by atoms with Crippen LogP contribution in [0.3, 0.4) is 0 Å². The predicted octanol–water partition coefficient (Wildman–Crippen LogP) is 1.46. The minimum Gasteiger partial charge on any atom is -0.378 e. The molecule has 12 heavy (non-hydrogen) atoms. The molecule has 1 heterocycles. The first-order valence-corrected chi connectivity index (χ1v) is 4.18. The maximum Gasteiger partial charge on any atom is 0.136 e. The number of rotatable bonds is 1. The molecule has 0 aromatic carbocycles. The number of nitriles is 2. The Kier molecular flexibility index (Phi) is 3.08. The van der Waals surface area contributed by atoms with E-state index in [1.54, 1.807) is 0 Å². The maximum absolute atomic E-state index is 8.65. The first kappa shape index (κ1) is 9.03. The molecule has 1 fully saturated rings. The third kappa shape index (κ3) is 1.96. The summed E-state index contributed by atoms with van der Waals surface area (Å²) >= 11 is 0. The molecule has 0 N–H and O–H groups in total. The molecule has 3 nitrogen and oxygen atoms in total. The normalized spacial score (nSPS) is 29.3. The zero-order valence-corrected chi connectivity index (χ0v) is 7.16. The fraction of sp³-hybridized carbons (Fsp3) is 0.778. The first-order chi connectivity index (χ1) is 5.77. The molecule has 0 aliphatic carbocycles. The van der Waals surface area contributed by atoms with E-state index >= 15 is 0 Å². The molecule has 1 saturated heterocycles. The molecule has 1 aliphatic rings. The van der Waals surface area contributed by atoms with Gasteiger partial charge in [0, 0.05) is 6.61 Å². The average Bonchev–Trinajstić information content (AvgIpc) is 2.07. The average molecular weight is 164 g/mol. The number of nitrogens with zero attached hydrogens (tertiary/aromatic N) is 2. The van der Waals surface area contributed by atoms with E-state index in [1.807, 2.05) is 19.1 Å². The van der Waals surface area contributed by atoms with Crippen molar-refractivity contribution in [1.82, 2.24) is 0 Å². The van der Waals surface area contributed by atoms with Crippen LogP contribution in [-0.2, 0) is 4.74 Å². The molecule has 0 spiro atoms. The summed E-state index contributed by atoms with van der Waals surface area (Å²) in [7, 11) is 0. The van der Waals surface area contributed by atoms with Crippen LogP contribution in [0.1, 0.15) is 19.8 Å². The lowest BCUT2D eigenvalue weighted by molar-refractivity contribution is -0.00171. The molecule has 0 aromatic rings. The van der Waals surface area contributed by atoms with Crippen molar-refractivity contribution in [2.75, 3.05) is 6.61 Å². The zero-order chi connectivity index (χ0) is 8.97. The van der Waals surface area contributed by atoms with E-state index in [1.165, 1.54) is 0 Å². The van der Waals surface area contributed by atoms with Gasteiger partial charge in [0.15, 0.2) is 0 Å². The van der Waals surface area contributed by atoms with Crippen LogP contribution in [-0.4, -0.2) is 12.7 Å². The van der Waals surface area contributed by atoms with Gasteiger partial charge in [0.05, 0.1) is 18.2 Å². The minimum absolute atomic E-state index is 0.202. The number of hydrogen-bond donors (Lipinski definition) is 0. The fourth-order valence-electron chi connectivity index (χ4n) is 1.58. The summed E-state index contributed by atoms with van der Waals surface area (Å²) in [5.74, 6) is -0.236. The van der Waals surface area contributed by atoms with Gasteiger partial charge >= 0.3 is 0 Å². The van der Waals surface area contributed by atoms with Crippen LogP contribution in [0, 0.1) is 34.5 Å². The second-order valence-corrected chi connectivity index (χ2v) is 3.20. The molecule has 0 radical (unpaired) electrons. The molecule has 2 atom stereocenters. The van der Waals surface area contributed by atoms with E-state index in [9.17, 15) is 0 Å². The van der Waals surface area contributed by atoms with Gasteiger partial charge in [-0.25, -0.2) is 0 Å². The summed E-state index contributed by atoms with van der Waals surface area (Å²) in [4.78, 5) is 0. The summed E-state index contributed by atoms with van der Waals surface area (Å²) in [6.07, 6.45) is 1.88. The third-order valence-corrected chi connectivity index (χ3v) is 2.28. The molecule has 0 bridgehead atoms. The van der Waals surface area contributed by atoms with E-state index in [-0.39, 0.29) is 12.0 Å². The molecule has 1 aliphatic heterocycles. The lowest BCUT2D eigenvalue weighted by Gasteiger charge is -2.27. The van der Waals surface area contributed by atoms with Crippen molar-refractivity contribution < 1.29 is 4.74 Å². The van der Waals surface area contributed by atoms with Gasteiger partial charge in [-0.05, 0) is 25.7 Å². The summed E-state index contributed by atoms with van der Waals surface area (Å²) in [6, 6.07) is 4.05. The fourth-order valence-corrected chi connectivity index (χ4v) is 1.58. The summed E-state index contributed by atoms with van der Waals surface area (Å²) in [5, 5.41) is 17.3. The summed E-state index contributed by atoms with van der Waals surface area (Å²) in [6.45, 7) is 2.67. The van der Waals surface area contributed by atoms with Crippen LogP contribution in [0.25, 0.3) is 0 Å². The zero-order valence-electron chi connectivity index (χ0n) is 7.16. The lowest BCUT2D eigenvalue weighted by Crippen LogP contribution is -2.27. The van der Waals surface area contributed by atoms with Crippen LogP contribution in [0.15, 0.2) is 0 Å². The van der Waals surface area contributed by atoms with E-state index < -0.39 is 5.92 Å². The van der Waals surface area contributed by atoms with Crippen LogP contribution in [0.4, 0.5) is 0 Å². The van der Waals surface area contributed by atoms with Crippen molar-refractivity contribution in [3.8, 4) is 12.1 Å². The molecule has 3 heteroatoms. The Hall–Kier alpha value is -1.06. The molecule has 2 unspecified atom stereocenters. The highest BCUT2D eigenvalue weighted by atomic mass is 16.5. The van der Waals surface area contributed by atoms with Gasteiger partial charge in [0.25, 0.3) is 0 Å². The second-order valence-electron chi connectivity index (χ2n) is 3.20. The van der Waals surface area contributed by atoms with Crippen molar-refractivity contribution in [3.63, 3.8) is 0 Å². The summed E-state index contributed by atoms with van der Waals surface area (Å²) < 4.78 is 5.33. The Morgan fingerprint density at radius 1 is 1.42 bits per heavy atom. The van der Waals surface area contributed by atoms with Crippen LogP contribution in [0.5, 0.6) is 0 Å². The van der Waals surface area contributed by atoms with Gasteiger partial charge in [-0.2, -0.15) is 10.5 Å². The van der Waals surface area contributed by atoms with E-state index in [4.69, 9.17) is 15.3 Å². The van der Waals surface area contributed by atoms with Crippen LogP contribution in [0.2, 0.25) is 0 Å². The maximum atomic E-state index is 8.65. The van der Waals surface area contributed by atoms with Crippen molar-refractivity contribution in [3.05, 3.63) is 0 Å². The number of ether oxygens (including phenoxy) is 1. The molecule has 0 saturated carbocycles. The Morgan fingerprint density at radius 3 is 2.58 bits per heavy atom. The van der Waals surface area contributed by atoms with Gasteiger partial charge in [-0.15, -0.1) is 0 Å². The Bertz CT molecular complexity index is 212. The van der Waals surface area contributed by atoms with Gasteiger partial charge in [0.2, 0.25) is 0 Å². The van der Waals surface area contributed by atoms with E-state index in [0.29, 0.717) is 6.61 Å². The van der Waals surface area contributed by atoms with Crippen molar-refractivity contribution in [2.24, 2.45) is 11.8 Å². The van der Waals surface area contributed by atoms with Gasteiger partial charge < -0.3 is 4.74 Å². The van der Waals surface area contributed by atoms with Crippen LogP contribution >= 0.6 is 0 Å². The van der Waals surface area contributed by atoms with Crippen molar-refractivity contribution in [2.45, 2.75) is 25.9 Å². The van der Waals surface area contributed by atoms with Gasteiger partial charge in [-0.3, -0.25) is 0 Å². The Morgan fingerprint density at radius 2 is 2.08 bits per heavy atom. The largest absolute Gasteiger partial charge is 0.378 e. The van der Waals surface area contributed by atoms with Crippen molar-refractivity contribution >= 4 is 0 Å². The lowest BCUT2D eigenvalue weighted by atomic mass is 9.86. The number of hydrogen-bond acceptors (Lipinski definition) is 3. The monoisotopic (exact) mass is 164 g/mol. The quantitative estimate of drug-likeness (QED) is 0.589. The molecule has 0 amide bonds. The van der Waals surface area contributed by atoms with Gasteiger partial charge in [0.1, 0.15) is 5.92 Å². The predicted molar refractivity (Wildman–Crippen MR) is 42.9 cm³/mol. The Labute approximate surface area is 72.6 Å². The second kappa shape index (κ2) is 4.09. The molecular weight excluding hydrogens is 152 g/mol. The highest BCUT2D eigenvalue weighted by Crippen LogP contribution is 2.26. The molecular formula is C9H12N2O. The van der Waals surface area contributed by atoms with E-state index in [0.717, 1.165) is 12.8 Å². The SMILES string of the molecule is CC1CC(C(C#N)C#N)CCO1. The van der Waals surface area contributed by atoms with Crippen molar-refractivity contribution in [1.29, 1.82) is 10.5 Å².